The zero-order valence-corrected chi connectivity index (χ0v) is 12.8. The number of nitrogens with two attached hydrogens (primary N) is 1. The minimum atomic E-state index is -0.301. The summed E-state index contributed by atoms with van der Waals surface area (Å²) >= 11 is 4.78. The predicted octanol–water partition coefficient (Wildman–Crippen LogP) is 1.19. The van der Waals surface area contributed by atoms with Crippen molar-refractivity contribution < 1.29 is 9.59 Å². The lowest BCUT2D eigenvalue weighted by Crippen LogP contribution is -2.46. The maximum atomic E-state index is 12.0. The lowest BCUT2D eigenvalue weighted by Gasteiger charge is -2.31. The van der Waals surface area contributed by atoms with E-state index in [1.165, 1.54) is 11.3 Å². The first-order valence-electron chi connectivity index (χ1n) is 6.11. The third kappa shape index (κ3) is 4.02. The van der Waals surface area contributed by atoms with Crippen LogP contribution in [0.5, 0.6) is 0 Å². The molecule has 104 valence electrons. The molecule has 1 saturated heterocycles. The van der Waals surface area contributed by atoms with E-state index in [-0.39, 0.29) is 17.9 Å². The Morgan fingerprint density at radius 1 is 1.47 bits per heavy atom. The number of halogens is 1. The highest BCUT2D eigenvalue weighted by atomic mass is 79.9. The minimum absolute atomic E-state index is 0.0322. The molecule has 1 aromatic rings. The van der Waals surface area contributed by atoms with Gasteiger partial charge in [0.2, 0.25) is 5.91 Å². The number of piperidine rings is 1. The van der Waals surface area contributed by atoms with Crippen molar-refractivity contribution in [1.29, 1.82) is 0 Å². The van der Waals surface area contributed by atoms with Gasteiger partial charge in [-0.15, -0.1) is 11.3 Å². The second-order valence-corrected chi connectivity index (χ2v) is 6.36. The number of hydrogen-bond donors (Lipinski definition) is 2. The van der Waals surface area contributed by atoms with Crippen LogP contribution < -0.4 is 11.1 Å². The maximum absolute atomic E-state index is 12.0. The summed E-state index contributed by atoms with van der Waals surface area (Å²) in [6, 6.07) is 2.04. The van der Waals surface area contributed by atoms with Crippen molar-refractivity contribution >= 4 is 39.1 Å². The standard InChI is InChI=1S/C12H16BrN3O2S/c13-9-3-6-19-11(9)12(18)15-8-1-4-16(5-2-8)7-10(14)17/h3,6,8H,1-2,4-5,7H2,(H2,14,17)(H,15,18). The number of rotatable bonds is 4. The Balaban J connectivity index is 1.81. The molecule has 0 aromatic carbocycles. The largest absolute Gasteiger partial charge is 0.369 e. The number of primary amides is 1. The first-order valence-corrected chi connectivity index (χ1v) is 7.78. The van der Waals surface area contributed by atoms with E-state index >= 15 is 0 Å². The molecule has 0 radical (unpaired) electrons. The summed E-state index contributed by atoms with van der Waals surface area (Å²) in [6.45, 7) is 1.89. The molecule has 2 amide bonds. The van der Waals surface area contributed by atoms with Gasteiger partial charge in [0.15, 0.2) is 0 Å². The molecular formula is C12H16BrN3O2S. The van der Waals surface area contributed by atoms with Crippen LogP contribution in [-0.4, -0.2) is 42.4 Å². The second kappa shape index (κ2) is 6.49. The summed E-state index contributed by atoms with van der Waals surface area (Å²) in [5, 5.41) is 4.92. The molecular weight excluding hydrogens is 330 g/mol. The number of nitrogens with one attached hydrogen (secondary N) is 1. The molecule has 3 N–H and O–H groups in total. The van der Waals surface area contributed by atoms with Gasteiger partial charge in [0, 0.05) is 23.6 Å². The van der Waals surface area contributed by atoms with E-state index in [1.807, 2.05) is 16.3 Å². The predicted molar refractivity (Wildman–Crippen MR) is 78.1 cm³/mol. The maximum Gasteiger partial charge on any atom is 0.262 e. The van der Waals surface area contributed by atoms with E-state index in [9.17, 15) is 9.59 Å². The average molecular weight is 346 g/mol. The Morgan fingerprint density at radius 2 is 2.16 bits per heavy atom. The van der Waals surface area contributed by atoms with Gasteiger partial charge in [-0.1, -0.05) is 0 Å². The van der Waals surface area contributed by atoms with Crippen molar-refractivity contribution in [3.8, 4) is 0 Å². The monoisotopic (exact) mass is 345 g/mol. The molecule has 1 fully saturated rings. The minimum Gasteiger partial charge on any atom is -0.369 e. The fourth-order valence-corrected chi connectivity index (χ4v) is 3.62. The van der Waals surface area contributed by atoms with Crippen LogP contribution in [0.1, 0.15) is 22.5 Å². The highest BCUT2D eigenvalue weighted by Gasteiger charge is 2.22. The lowest BCUT2D eigenvalue weighted by atomic mass is 10.0. The summed E-state index contributed by atoms with van der Waals surface area (Å²) in [6.07, 6.45) is 1.70. The van der Waals surface area contributed by atoms with Gasteiger partial charge in [-0.2, -0.15) is 0 Å². The molecule has 5 nitrogen and oxygen atoms in total. The number of amides is 2. The third-order valence-corrected chi connectivity index (χ3v) is 4.96. The van der Waals surface area contributed by atoms with Gasteiger partial charge >= 0.3 is 0 Å². The van der Waals surface area contributed by atoms with Gasteiger partial charge in [-0.25, -0.2) is 0 Å². The molecule has 0 saturated carbocycles. The van der Waals surface area contributed by atoms with Gasteiger partial charge in [-0.05, 0) is 40.2 Å². The molecule has 0 atom stereocenters. The van der Waals surface area contributed by atoms with Crippen molar-refractivity contribution in [2.24, 2.45) is 5.73 Å². The molecule has 1 aromatic heterocycles. The van der Waals surface area contributed by atoms with Crippen molar-refractivity contribution in [2.45, 2.75) is 18.9 Å². The van der Waals surface area contributed by atoms with Crippen molar-refractivity contribution in [3.05, 3.63) is 20.8 Å². The number of carbonyl (C=O) groups excluding carboxylic acids is 2. The smallest absolute Gasteiger partial charge is 0.262 e. The number of thiophene rings is 1. The zero-order valence-electron chi connectivity index (χ0n) is 10.4. The fourth-order valence-electron chi connectivity index (χ4n) is 2.16. The first-order chi connectivity index (χ1) is 9.06. The summed E-state index contributed by atoms with van der Waals surface area (Å²) in [5.41, 5.74) is 5.17. The van der Waals surface area contributed by atoms with E-state index in [0.717, 1.165) is 30.4 Å². The van der Waals surface area contributed by atoms with Gasteiger partial charge in [0.05, 0.1) is 6.54 Å². The van der Waals surface area contributed by atoms with Crippen LogP contribution in [0.4, 0.5) is 0 Å². The van der Waals surface area contributed by atoms with Crippen LogP contribution in [0.2, 0.25) is 0 Å². The number of nitrogens with zero attached hydrogens (tertiary/aromatic N) is 1. The molecule has 1 aliphatic rings. The van der Waals surface area contributed by atoms with E-state index < -0.39 is 0 Å². The zero-order chi connectivity index (χ0) is 13.8. The summed E-state index contributed by atoms with van der Waals surface area (Å²) in [4.78, 5) is 25.6. The van der Waals surface area contributed by atoms with Gasteiger partial charge in [0.25, 0.3) is 5.91 Å². The van der Waals surface area contributed by atoms with E-state index in [0.29, 0.717) is 11.4 Å². The summed E-state index contributed by atoms with van der Waals surface area (Å²) in [5.74, 6) is -0.333. The SMILES string of the molecule is NC(=O)CN1CCC(NC(=O)c2sccc2Br)CC1. The van der Waals surface area contributed by atoms with Crippen LogP contribution in [-0.2, 0) is 4.79 Å². The number of likely N-dealkylation sites (tertiary alicyclic amines) is 1. The summed E-state index contributed by atoms with van der Waals surface area (Å²) < 4.78 is 0.834. The highest BCUT2D eigenvalue weighted by molar-refractivity contribution is 9.10. The number of carbonyl (C=O) groups is 2. The average Bonchev–Trinajstić information content (AvgIpc) is 2.77. The molecule has 0 unspecified atom stereocenters. The highest BCUT2D eigenvalue weighted by Crippen LogP contribution is 2.23. The Bertz CT molecular complexity index is 469. The molecule has 2 heterocycles. The first kappa shape index (κ1) is 14.5. The van der Waals surface area contributed by atoms with Crippen LogP contribution in [0, 0.1) is 0 Å². The van der Waals surface area contributed by atoms with E-state index in [1.54, 1.807) is 0 Å². The molecule has 7 heteroatoms. The molecule has 0 spiro atoms. The van der Waals surface area contributed by atoms with Crippen LogP contribution in [0.15, 0.2) is 15.9 Å². The number of hydrogen-bond acceptors (Lipinski definition) is 4. The Hall–Kier alpha value is -0.920. The molecule has 0 bridgehead atoms. The second-order valence-electron chi connectivity index (χ2n) is 4.59. The summed E-state index contributed by atoms with van der Waals surface area (Å²) in [7, 11) is 0. The van der Waals surface area contributed by atoms with Gasteiger partial charge in [0.1, 0.15) is 4.88 Å². The topological polar surface area (TPSA) is 75.4 Å². The van der Waals surface area contributed by atoms with Crippen LogP contribution >= 0.6 is 27.3 Å². The molecule has 2 rings (SSSR count). The van der Waals surface area contributed by atoms with Crippen molar-refractivity contribution in [1.82, 2.24) is 10.2 Å². The Labute approximate surface area is 124 Å². The third-order valence-electron chi connectivity index (χ3n) is 3.13. The lowest BCUT2D eigenvalue weighted by molar-refractivity contribution is -0.119. The molecule has 19 heavy (non-hydrogen) atoms. The Kier molecular flexibility index (Phi) is 4.95. The van der Waals surface area contributed by atoms with Crippen molar-refractivity contribution in [2.75, 3.05) is 19.6 Å². The fraction of sp³-hybridized carbons (Fsp3) is 0.500. The van der Waals surface area contributed by atoms with Gasteiger partial charge in [-0.3, -0.25) is 14.5 Å². The van der Waals surface area contributed by atoms with Crippen molar-refractivity contribution in [3.63, 3.8) is 0 Å². The van der Waals surface area contributed by atoms with Crippen LogP contribution in [0.3, 0.4) is 0 Å². The molecule has 1 aliphatic heterocycles. The van der Waals surface area contributed by atoms with E-state index in [2.05, 4.69) is 21.2 Å². The van der Waals surface area contributed by atoms with E-state index in [4.69, 9.17) is 5.73 Å². The van der Waals surface area contributed by atoms with Gasteiger partial charge < -0.3 is 11.1 Å². The molecule has 0 aliphatic carbocycles. The Morgan fingerprint density at radius 3 is 2.68 bits per heavy atom. The van der Waals surface area contributed by atoms with Crippen LogP contribution in [0.25, 0.3) is 0 Å². The normalized spacial score (nSPS) is 17.3. The quantitative estimate of drug-likeness (QED) is 0.860.